The van der Waals surface area contributed by atoms with Crippen molar-refractivity contribution in [2.24, 2.45) is 0 Å². The second-order valence-corrected chi connectivity index (χ2v) is 4.68. The molecule has 1 heteroatoms. The fraction of sp³-hybridized carbons (Fsp3) is 0.562. The smallest absolute Gasteiger partial charge is 0.162 e. The van der Waals surface area contributed by atoms with E-state index in [1.54, 1.807) is 0 Å². The maximum absolute atomic E-state index is 11.9. The van der Waals surface area contributed by atoms with E-state index in [0.717, 1.165) is 24.8 Å². The van der Waals surface area contributed by atoms with Crippen LogP contribution in [0.2, 0.25) is 0 Å². The Morgan fingerprint density at radius 3 is 2.24 bits per heavy atom. The highest BCUT2D eigenvalue weighted by Crippen LogP contribution is 2.11. The van der Waals surface area contributed by atoms with Gasteiger partial charge in [-0.15, -0.1) is 0 Å². The first-order valence-corrected chi connectivity index (χ1v) is 6.90. The molecule has 0 aliphatic rings. The summed E-state index contributed by atoms with van der Waals surface area (Å²) in [6.45, 7) is 4.36. The summed E-state index contributed by atoms with van der Waals surface area (Å²) in [4.78, 5) is 11.9. The number of rotatable bonds is 8. The van der Waals surface area contributed by atoms with Crippen LogP contribution in [0.3, 0.4) is 0 Å². The molecule has 1 nitrogen and oxygen atoms in total. The van der Waals surface area contributed by atoms with Gasteiger partial charge in [-0.2, -0.15) is 0 Å². The van der Waals surface area contributed by atoms with Crippen LogP contribution in [0.15, 0.2) is 24.3 Å². The van der Waals surface area contributed by atoms with Crippen LogP contribution in [0.4, 0.5) is 0 Å². The second-order valence-electron chi connectivity index (χ2n) is 4.68. The third-order valence-electron chi connectivity index (χ3n) is 3.07. The summed E-state index contributed by atoms with van der Waals surface area (Å²) >= 11 is 0. The third kappa shape index (κ3) is 5.16. The first kappa shape index (κ1) is 14.0. The lowest BCUT2D eigenvalue weighted by Crippen LogP contribution is -1.99. The van der Waals surface area contributed by atoms with Gasteiger partial charge in [0.2, 0.25) is 0 Å². The standard InChI is InChI=1S/C16H24O/c1-3-5-6-7-9-16(17)15-12-10-14(8-4-2)11-13-15/h10-13H,3-9H2,1-2H3. The molecule has 0 atom stereocenters. The molecule has 0 aromatic heterocycles. The third-order valence-corrected chi connectivity index (χ3v) is 3.07. The number of Topliss-reactive ketones (excluding diaryl/α,β-unsaturated/α-hetero) is 1. The van der Waals surface area contributed by atoms with E-state index in [1.807, 2.05) is 12.1 Å². The van der Waals surface area contributed by atoms with Crippen molar-refractivity contribution >= 4 is 5.78 Å². The maximum Gasteiger partial charge on any atom is 0.162 e. The lowest BCUT2D eigenvalue weighted by Gasteiger charge is -2.03. The van der Waals surface area contributed by atoms with Gasteiger partial charge in [-0.3, -0.25) is 4.79 Å². The van der Waals surface area contributed by atoms with E-state index in [0.29, 0.717) is 12.2 Å². The minimum absolute atomic E-state index is 0.296. The van der Waals surface area contributed by atoms with Crippen LogP contribution < -0.4 is 0 Å². The van der Waals surface area contributed by atoms with Crippen LogP contribution in [-0.2, 0) is 6.42 Å². The van der Waals surface area contributed by atoms with E-state index in [9.17, 15) is 4.79 Å². The summed E-state index contributed by atoms with van der Waals surface area (Å²) < 4.78 is 0. The minimum Gasteiger partial charge on any atom is -0.294 e. The van der Waals surface area contributed by atoms with Gasteiger partial charge in [0.05, 0.1) is 0 Å². The van der Waals surface area contributed by atoms with Gasteiger partial charge in [-0.25, -0.2) is 0 Å². The number of carbonyl (C=O) groups excluding carboxylic acids is 1. The van der Waals surface area contributed by atoms with Crippen LogP contribution in [0.1, 0.15) is 68.3 Å². The Balaban J connectivity index is 2.40. The molecule has 0 bridgehead atoms. The molecular weight excluding hydrogens is 208 g/mol. The number of hydrogen-bond acceptors (Lipinski definition) is 1. The normalized spacial score (nSPS) is 10.5. The summed E-state index contributed by atoms with van der Waals surface area (Å²) in [5, 5.41) is 0. The monoisotopic (exact) mass is 232 g/mol. The molecule has 94 valence electrons. The number of unbranched alkanes of at least 4 members (excludes halogenated alkanes) is 3. The lowest BCUT2D eigenvalue weighted by molar-refractivity contribution is 0.0979. The fourth-order valence-corrected chi connectivity index (χ4v) is 2.00. The Morgan fingerprint density at radius 2 is 1.65 bits per heavy atom. The second kappa shape index (κ2) is 8.05. The Kier molecular flexibility index (Phi) is 6.61. The lowest BCUT2D eigenvalue weighted by atomic mass is 10.0. The van der Waals surface area contributed by atoms with Gasteiger partial charge in [-0.1, -0.05) is 63.8 Å². The van der Waals surface area contributed by atoms with Crippen LogP contribution in [0, 0.1) is 0 Å². The van der Waals surface area contributed by atoms with Crippen molar-refractivity contribution < 1.29 is 4.79 Å². The summed E-state index contributed by atoms with van der Waals surface area (Å²) in [7, 11) is 0. The average Bonchev–Trinajstić information content (AvgIpc) is 2.36. The SMILES string of the molecule is CCCCCCC(=O)c1ccc(CCC)cc1. The summed E-state index contributed by atoms with van der Waals surface area (Å²) in [5.41, 5.74) is 2.20. The van der Waals surface area contributed by atoms with Crippen LogP contribution in [0.25, 0.3) is 0 Å². The van der Waals surface area contributed by atoms with E-state index < -0.39 is 0 Å². The number of ketones is 1. The zero-order chi connectivity index (χ0) is 12.5. The first-order valence-electron chi connectivity index (χ1n) is 6.90. The highest BCUT2D eigenvalue weighted by molar-refractivity contribution is 5.96. The predicted octanol–water partition coefficient (Wildman–Crippen LogP) is 4.79. The van der Waals surface area contributed by atoms with Gasteiger partial charge in [-0.05, 0) is 18.4 Å². The van der Waals surface area contributed by atoms with Gasteiger partial charge in [0.15, 0.2) is 5.78 Å². The molecule has 1 aromatic carbocycles. The molecule has 0 saturated heterocycles. The van der Waals surface area contributed by atoms with Crippen molar-refractivity contribution in [2.45, 2.75) is 58.8 Å². The molecule has 0 radical (unpaired) electrons. The van der Waals surface area contributed by atoms with Crippen molar-refractivity contribution in [1.29, 1.82) is 0 Å². The summed E-state index contributed by atoms with van der Waals surface area (Å²) in [6, 6.07) is 8.13. The molecular formula is C16H24O. The molecule has 0 aliphatic carbocycles. The number of benzene rings is 1. The molecule has 17 heavy (non-hydrogen) atoms. The van der Waals surface area contributed by atoms with E-state index >= 15 is 0 Å². The minimum atomic E-state index is 0.296. The quantitative estimate of drug-likeness (QED) is 0.465. The van der Waals surface area contributed by atoms with Crippen molar-refractivity contribution in [3.63, 3.8) is 0 Å². The molecule has 1 rings (SSSR count). The Labute approximate surface area is 105 Å². The van der Waals surface area contributed by atoms with Crippen LogP contribution >= 0.6 is 0 Å². The van der Waals surface area contributed by atoms with Gasteiger partial charge in [0.1, 0.15) is 0 Å². The zero-order valence-corrected chi connectivity index (χ0v) is 11.2. The molecule has 0 heterocycles. The molecule has 0 aliphatic heterocycles. The van der Waals surface area contributed by atoms with Gasteiger partial charge < -0.3 is 0 Å². The molecule has 0 saturated carbocycles. The van der Waals surface area contributed by atoms with Gasteiger partial charge in [0.25, 0.3) is 0 Å². The van der Waals surface area contributed by atoms with Crippen LogP contribution in [-0.4, -0.2) is 5.78 Å². The highest BCUT2D eigenvalue weighted by atomic mass is 16.1. The number of aryl methyl sites for hydroxylation is 1. The molecule has 0 unspecified atom stereocenters. The summed E-state index contributed by atoms with van der Waals surface area (Å²) in [6.07, 6.45) is 7.63. The molecule has 1 aromatic rings. The average molecular weight is 232 g/mol. The van der Waals surface area contributed by atoms with Crippen molar-refractivity contribution in [1.82, 2.24) is 0 Å². The Bertz CT molecular complexity index is 324. The van der Waals surface area contributed by atoms with Crippen molar-refractivity contribution in [2.75, 3.05) is 0 Å². The topological polar surface area (TPSA) is 17.1 Å². The number of carbonyl (C=O) groups is 1. The van der Waals surface area contributed by atoms with Crippen molar-refractivity contribution in [3.05, 3.63) is 35.4 Å². The molecule has 0 fully saturated rings. The summed E-state index contributed by atoms with van der Waals surface area (Å²) in [5.74, 6) is 0.296. The zero-order valence-electron chi connectivity index (χ0n) is 11.2. The van der Waals surface area contributed by atoms with Gasteiger partial charge in [0, 0.05) is 12.0 Å². The van der Waals surface area contributed by atoms with Crippen LogP contribution in [0.5, 0.6) is 0 Å². The predicted molar refractivity (Wildman–Crippen MR) is 73.5 cm³/mol. The highest BCUT2D eigenvalue weighted by Gasteiger charge is 2.04. The first-order chi connectivity index (χ1) is 8.27. The van der Waals surface area contributed by atoms with Gasteiger partial charge >= 0.3 is 0 Å². The molecule has 0 spiro atoms. The van der Waals surface area contributed by atoms with E-state index in [4.69, 9.17) is 0 Å². The number of hydrogen-bond donors (Lipinski definition) is 0. The van der Waals surface area contributed by atoms with E-state index in [-0.39, 0.29) is 0 Å². The van der Waals surface area contributed by atoms with E-state index in [1.165, 1.54) is 24.8 Å². The fourth-order valence-electron chi connectivity index (χ4n) is 2.00. The van der Waals surface area contributed by atoms with Crippen molar-refractivity contribution in [3.8, 4) is 0 Å². The maximum atomic E-state index is 11.9. The Morgan fingerprint density at radius 1 is 0.941 bits per heavy atom. The molecule has 0 amide bonds. The van der Waals surface area contributed by atoms with E-state index in [2.05, 4.69) is 26.0 Å². The Hall–Kier alpha value is -1.11. The molecule has 0 N–H and O–H groups in total. The largest absolute Gasteiger partial charge is 0.294 e.